The number of aliphatic imine (C=N–C) groups is 1. The first kappa shape index (κ1) is 22.4. The molecule has 4 rings (SSSR count). The van der Waals surface area contributed by atoms with Gasteiger partial charge in [-0.3, -0.25) is 14.9 Å². The number of hydrogen-bond donors (Lipinski definition) is 1. The smallest absolute Gasteiger partial charge is 0.321 e. The van der Waals surface area contributed by atoms with Crippen LogP contribution < -0.4 is 10.2 Å². The number of benzene rings is 2. The number of halogens is 2. The molecule has 2 aliphatic rings. The lowest BCUT2D eigenvalue weighted by Gasteiger charge is -2.39. The molecule has 168 valence electrons. The Balaban J connectivity index is 1.56. The number of carbonyl (C=O) groups excluding carboxylic acids is 2. The number of ether oxygens (including phenoxy) is 1. The molecule has 1 saturated heterocycles. The summed E-state index contributed by atoms with van der Waals surface area (Å²) in [7, 11) is 0. The highest BCUT2D eigenvalue weighted by Gasteiger charge is 2.42. The molecule has 2 heterocycles. The van der Waals surface area contributed by atoms with Gasteiger partial charge in [-0.15, -0.1) is 0 Å². The van der Waals surface area contributed by atoms with Crippen molar-refractivity contribution >= 4 is 46.7 Å². The third kappa shape index (κ3) is 4.84. The minimum absolute atomic E-state index is 0.189. The molecule has 2 aromatic rings. The molecule has 2 aromatic carbocycles. The number of nitrogens with one attached hydrogen (secondary N) is 1. The molecular weight excluding hydrogens is 451 g/mol. The van der Waals surface area contributed by atoms with Crippen molar-refractivity contribution in [3.63, 3.8) is 0 Å². The van der Waals surface area contributed by atoms with Gasteiger partial charge in [0.25, 0.3) is 0 Å². The number of esters is 1. The molecule has 1 amide bonds. The average Bonchev–Trinajstić information content (AvgIpc) is 2.79. The topological polar surface area (TPSA) is 74.2 Å². The maximum atomic E-state index is 13.0. The van der Waals surface area contributed by atoms with Crippen LogP contribution in [0.5, 0.6) is 0 Å². The van der Waals surface area contributed by atoms with Crippen molar-refractivity contribution in [1.82, 2.24) is 10.2 Å². The fourth-order valence-corrected chi connectivity index (χ4v) is 4.31. The van der Waals surface area contributed by atoms with Gasteiger partial charge in [0.2, 0.25) is 11.9 Å². The molecule has 32 heavy (non-hydrogen) atoms. The molecule has 9 heteroatoms. The molecule has 1 fully saturated rings. The summed E-state index contributed by atoms with van der Waals surface area (Å²) >= 11 is 12.2. The highest BCUT2D eigenvalue weighted by molar-refractivity contribution is 6.31. The third-order valence-corrected chi connectivity index (χ3v) is 6.08. The predicted molar refractivity (Wildman–Crippen MR) is 125 cm³/mol. The van der Waals surface area contributed by atoms with E-state index in [1.165, 1.54) is 0 Å². The van der Waals surface area contributed by atoms with Crippen LogP contribution in [0.25, 0.3) is 0 Å². The van der Waals surface area contributed by atoms with Crippen molar-refractivity contribution in [2.45, 2.75) is 13.0 Å². The number of hydrogen-bond acceptors (Lipinski definition) is 6. The molecular formula is C23H24Cl2N4O3. The molecule has 0 bridgehead atoms. The van der Waals surface area contributed by atoms with E-state index < -0.39 is 23.8 Å². The zero-order valence-electron chi connectivity index (χ0n) is 17.6. The van der Waals surface area contributed by atoms with Gasteiger partial charge >= 0.3 is 5.97 Å². The summed E-state index contributed by atoms with van der Waals surface area (Å²) in [6.45, 7) is 4.78. The van der Waals surface area contributed by atoms with Crippen LogP contribution in [0, 0.1) is 5.92 Å². The lowest BCUT2D eigenvalue weighted by molar-refractivity contribution is -0.153. The Morgan fingerprint density at radius 2 is 1.75 bits per heavy atom. The van der Waals surface area contributed by atoms with Gasteiger partial charge in [-0.2, -0.15) is 0 Å². The van der Waals surface area contributed by atoms with Crippen LogP contribution in [0.15, 0.2) is 53.5 Å². The lowest BCUT2D eigenvalue weighted by Crippen LogP contribution is -2.57. The van der Waals surface area contributed by atoms with Crippen LogP contribution in [0.1, 0.15) is 18.5 Å². The lowest BCUT2D eigenvalue weighted by atomic mass is 9.91. The third-order valence-electron chi connectivity index (χ3n) is 5.60. The van der Waals surface area contributed by atoms with Crippen LogP contribution in [-0.2, 0) is 14.3 Å². The number of guanidine groups is 1. The number of carbonyl (C=O) groups is 2. The van der Waals surface area contributed by atoms with Crippen molar-refractivity contribution in [1.29, 1.82) is 0 Å². The minimum Gasteiger partial charge on any atom is -0.465 e. The Bertz CT molecular complexity index is 1020. The van der Waals surface area contributed by atoms with Gasteiger partial charge in [0, 0.05) is 41.9 Å². The standard InChI is InChI=1S/C23H24Cl2N4O3/c1-2-32-22(31)19-20(15-4-3-5-17(25)14-15)26-23(27-21(19)30)29-12-10-28(11-13-29)18-8-6-16(24)7-9-18/h3-9,14,19-20H,2,10-13H2,1H3,(H,26,27,30). The first-order chi connectivity index (χ1) is 15.5. The van der Waals surface area contributed by atoms with Gasteiger partial charge in [-0.25, -0.2) is 4.99 Å². The molecule has 0 spiro atoms. The second-order valence-electron chi connectivity index (χ2n) is 7.62. The number of anilines is 1. The quantitative estimate of drug-likeness (QED) is 0.541. The van der Waals surface area contributed by atoms with Gasteiger partial charge in [0.05, 0.1) is 6.61 Å². The minimum atomic E-state index is -1.06. The zero-order chi connectivity index (χ0) is 22.7. The molecule has 0 saturated carbocycles. The summed E-state index contributed by atoms with van der Waals surface area (Å²) < 4.78 is 5.15. The Labute approximate surface area is 196 Å². The second kappa shape index (κ2) is 9.79. The summed E-state index contributed by atoms with van der Waals surface area (Å²) in [6, 6.07) is 14.1. The van der Waals surface area contributed by atoms with Crippen LogP contribution in [0.3, 0.4) is 0 Å². The Hall–Kier alpha value is -2.77. The van der Waals surface area contributed by atoms with Gasteiger partial charge in [0.15, 0.2) is 5.92 Å². The molecule has 2 aliphatic heterocycles. The SMILES string of the molecule is CCOC(=O)C1C(=O)NC(N2CCN(c3ccc(Cl)cc3)CC2)=NC1c1cccc(Cl)c1. The number of rotatable bonds is 4. The predicted octanol–water partition coefficient (Wildman–Crippen LogP) is 3.52. The van der Waals surface area contributed by atoms with Gasteiger partial charge in [-0.1, -0.05) is 35.3 Å². The van der Waals surface area contributed by atoms with Gasteiger partial charge in [-0.05, 0) is 48.9 Å². The van der Waals surface area contributed by atoms with Crippen molar-refractivity contribution in [3.8, 4) is 0 Å². The first-order valence-electron chi connectivity index (χ1n) is 10.5. The average molecular weight is 475 g/mol. The molecule has 1 N–H and O–H groups in total. The second-order valence-corrected chi connectivity index (χ2v) is 8.49. The van der Waals surface area contributed by atoms with E-state index in [-0.39, 0.29) is 6.61 Å². The number of nitrogens with zero attached hydrogens (tertiary/aromatic N) is 3. The molecule has 0 radical (unpaired) electrons. The maximum Gasteiger partial charge on any atom is 0.321 e. The molecule has 7 nitrogen and oxygen atoms in total. The summed E-state index contributed by atoms with van der Waals surface area (Å²) in [6.07, 6.45) is 0. The molecule has 2 atom stereocenters. The monoisotopic (exact) mass is 474 g/mol. The van der Waals surface area contributed by atoms with Crippen molar-refractivity contribution in [3.05, 3.63) is 64.1 Å². The van der Waals surface area contributed by atoms with Crippen LogP contribution >= 0.6 is 23.2 Å². The summed E-state index contributed by atoms with van der Waals surface area (Å²) in [5.74, 6) is -1.60. The van der Waals surface area contributed by atoms with E-state index in [4.69, 9.17) is 32.9 Å². The Morgan fingerprint density at radius 1 is 1.06 bits per heavy atom. The highest BCUT2D eigenvalue weighted by Crippen LogP contribution is 2.32. The van der Waals surface area contributed by atoms with E-state index in [9.17, 15) is 9.59 Å². The van der Waals surface area contributed by atoms with E-state index in [1.54, 1.807) is 25.1 Å². The maximum absolute atomic E-state index is 13.0. The van der Waals surface area contributed by atoms with Crippen molar-refractivity contribution in [2.24, 2.45) is 10.9 Å². The summed E-state index contributed by atoms with van der Waals surface area (Å²) in [5, 5.41) is 4.04. The highest BCUT2D eigenvalue weighted by atomic mass is 35.5. The van der Waals surface area contributed by atoms with E-state index in [1.807, 2.05) is 35.2 Å². The number of amides is 1. The summed E-state index contributed by atoms with van der Waals surface area (Å²) in [5.41, 5.74) is 1.80. The molecule has 0 aliphatic carbocycles. The zero-order valence-corrected chi connectivity index (χ0v) is 19.1. The van der Waals surface area contributed by atoms with Crippen LogP contribution in [0.2, 0.25) is 10.0 Å². The fourth-order valence-electron chi connectivity index (χ4n) is 3.98. The van der Waals surface area contributed by atoms with Gasteiger partial charge < -0.3 is 14.5 Å². The molecule has 2 unspecified atom stereocenters. The Kier molecular flexibility index (Phi) is 6.86. The van der Waals surface area contributed by atoms with E-state index in [0.29, 0.717) is 34.7 Å². The number of piperazine rings is 1. The van der Waals surface area contributed by atoms with E-state index >= 15 is 0 Å². The van der Waals surface area contributed by atoms with Crippen molar-refractivity contribution < 1.29 is 14.3 Å². The molecule has 0 aromatic heterocycles. The van der Waals surface area contributed by atoms with E-state index in [2.05, 4.69) is 10.2 Å². The fraction of sp³-hybridized carbons (Fsp3) is 0.348. The summed E-state index contributed by atoms with van der Waals surface area (Å²) in [4.78, 5) is 34.6. The normalized spacial score (nSPS) is 21.1. The van der Waals surface area contributed by atoms with Gasteiger partial charge in [0.1, 0.15) is 6.04 Å². The Morgan fingerprint density at radius 3 is 2.41 bits per heavy atom. The first-order valence-corrected chi connectivity index (χ1v) is 11.3. The van der Waals surface area contributed by atoms with E-state index in [0.717, 1.165) is 18.8 Å². The van der Waals surface area contributed by atoms with Crippen molar-refractivity contribution in [2.75, 3.05) is 37.7 Å². The largest absolute Gasteiger partial charge is 0.465 e. The van der Waals surface area contributed by atoms with Crippen LogP contribution in [-0.4, -0.2) is 55.5 Å². The van der Waals surface area contributed by atoms with Crippen LogP contribution in [0.4, 0.5) is 5.69 Å².